The maximum absolute atomic E-state index is 11.9. The van der Waals surface area contributed by atoms with Crippen LogP contribution in [-0.2, 0) is 20.9 Å². The highest BCUT2D eigenvalue weighted by molar-refractivity contribution is 5.90. The molecule has 0 saturated carbocycles. The SMILES string of the molecule is CCCC(=O)NNC(=O)C1CC(=O)N(Cc2ccco2)C1. The molecule has 2 rings (SSSR count). The van der Waals surface area contributed by atoms with Gasteiger partial charge in [-0.05, 0) is 18.6 Å². The van der Waals surface area contributed by atoms with Crippen molar-refractivity contribution in [2.75, 3.05) is 6.54 Å². The summed E-state index contributed by atoms with van der Waals surface area (Å²) in [5, 5.41) is 0. The molecule has 1 unspecified atom stereocenters. The van der Waals surface area contributed by atoms with Crippen molar-refractivity contribution in [1.29, 1.82) is 0 Å². The molecule has 114 valence electrons. The first-order valence-corrected chi connectivity index (χ1v) is 6.99. The second-order valence-electron chi connectivity index (χ2n) is 5.04. The van der Waals surface area contributed by atoms with E-state index in [4.69, 9.17) is 4.42 Å². The Kier molecular flexibility index (Phi) is 4.97. The topological polar surface area (TPSA) is 91.7 Å². The van der Waals surface area contributed by atoms with Crippen LogP contribution in [0.25, 0.3) is 0 Å². The van der Waals surface area contributed by atoms with Crippen molar-refractivity contribution in [3.8, 4) is 0 Å². The van der Waals surface area contributed by atoms with Gasteiger partial charge >= 0.3 is 0 Å². The van der Waals surface area contributed by atoms with E-state index in [1.807, 2.05) is 6.92 Å². The Morgan fingerprint density at radius 3 is 2.90 bits per heavy atom. The van der Waals surface area contributed by atoms with Crippen molar-refractivity contribution < 1.29 is 18.8 Å². The number of hydrazine groups is 1. The highest BCUT2D eigenvalue weighted by Gasteiger charge is 2.34. The molecule has 1 aliphatic heterocycles. The standard InChI is InChI=1S/C14H19N3O4/c1-2-4-12(18)15-16-14(20)10-7-13(19)17(8-10)9-11-5-3-6-21-11/h3,5-6,10H,2,4,7-9H2,1H3,(H,15,18)(H,16,20). The number of carbonyl (C=O) groups excluding carboxylic acids is 3. The molecule has 0 bridgehead atoms. The minimum absolute atomic E-state index is 0.0913. The zero-order chi connectivity index (χ0) is 15.2. The van der Waals surface area contributed by atoms with Gasteiger partial charge in [-0.3, -0.25) is 25.2 Å². The van der Waals surface area contributed by atoms with Crippen molar-refractivity contribution in [3.05, 3.63) is 24.2 Å². The lowest BCUT2D eigenvalue weighted by atomic mass is 10.1. The average Bonchev–Trinajstić information content (AvgIpc) is 3.08. The van der Waals surface area contributed by atoms with E-state index in [9.17, 15) is 14.4 Å². The molecular weight excluding hydrogens is 274 g/mol. The van der Waals surface area contributed by atoms with Crippen LogP contribution in [0.5, 0.6) is 0 Å². The van der Waals surface area contributed by atoms with Crippen molar-refractivity contribution in [3.63, 3.8) is 0 Å². The molecule has 0 radical (unpaired) electrons. The van der Waals surface area contributed by atoms with Crippen molar-refractivity contribution >= 4 is 17.7 Å². The van der Waals surface area contributed by atoms with Gasteiger partial charge in [0.05, 0.1) is 18.7 Å². The van der Waals surface area contributed by atoms with Crippen LogP contribution in [0, 0.1) is 5.92 Å². The fourth-order valence-electron chi connectivity index (χ4n) is 2.21. The summed E-state index contributed by atoms with van der Waals surface area (Å²) in [5.41, 5.74) is 4.72. The van der Waals surface area contributed by atoms with Crippen molar-refractivity contribution in [1.82, 2.24) is 15.8 Å². The van der Waals surface area contributed by atoms with E-state index in [1.165, 1.54) is 0 Å². The van der Waals surface area contributed by atoms with Gasteiger partial charge in [0.1, 0.15) is 5.76 Å². The Morgan fingerprint density at radius 2 is 2.24 bits per heavy atom. The Bertz CT molecular complexity index is 512. The third kappa shape index (κ3) is 4.08. The summed E-state index contributed by atoms with van der Waals surface area (Å²) in [5.74, 6) is -0.432. The number of hydrogen-bond acceptors (Lipinski definition) is 4. The first-order chi connectivity index (χ1) is 10.1. The Morgan fingerprint density at radius 1 is 1.43 bits per heavy atom. The summed E-state index contributed by atoms with van der Waals surface area (Å²) in [6.45, 7) is 2.57. The maximum atomic E-state index is 11.9. The molecule has 1 aromatic rings. The molecule has 21 heavy (non-hydrogen) atoms. The summed E-state index contributed by atoms with van der Waals surface area (Å²) in [4.78, 5) is 36.7. The van der Waals surface area contributed by atoms with Crippen LogP contribution in [0.2, 0.25) is 0 Å². The van der Waals surface area contributed by atoms with E-state index in [0.717, 1.165) is 0 Å². The van der Waals surface area contributed by atoms with Gasteiger partial charge in [0.15, 0.2) is 0 Å². The van der Waals surface area contributed by atoms with Gasteiger partial charge in [0, 0.05) is 19.4 Å². The van der Waals surface area contributed by atoms with E-state index >= 15 is 0 Å². The fourth-order valence-corrected chi connectivity index (χ4v) is 2.21. The highest BCUT2D eigenvalue weighted by atomic mass is 16.3. The maximum Gasteiger partial charge on any atom is 0.243 e. The predicted molar refractivity (Wildman–Crippen MR) is 73.4 cm³/mol. The highest BCUT2D eigenvalue weighted by Crippen LogP contribution is 2.20. The molecule has 2 N–H and O–H groups in total. The van der Waals surface area contributed by atoms with Crippen LogP contribution in [0.4, 0.5) is 0 Å². The van der Waals surface area contributed by atoms with Gasteiger partial charge in [0.25, 0.3) is 0 Å². The van der Waals surface area contributed by atoms with Crippen LogP contribution in [0.15, 0.2) is 22.8 Å². The molecule has 2 heterocycles. The number of hydrogen-bond donors (Lipinski definition) is 2. The lowest BCUT2D eigenvalue weighted by molar-refractivity contribution is -0.131. The van der Waals surface area contributed by atoms with E-state index in [-0.39, 0.29) is 24.1 Å². The molecule has 3 amide bonds. The molecule has 1 saturated heterocycles. The van der Waals surface area contributed by atoms with Gasteiger partial charge in [-0.1, -0.05) is 6.92 Å². The molecule has 7 heteroatoms. The molecule has 1 fully saturated rings. The smallest absolute Gasteiger partial charge is 0.243 e. The zero-order valence-electron chi connectivity index (χ0n) is 11.9. The Hall–Kier alpha value is -2.31. The second-order valence-corrected chi connectivity index (χ2v) is 5.04. The quantitative estimate of drug-likeness (QED) is 0.777. The summed E-state index contributed by atoms with van der Waals surface area (Å²) >= 11 is 0. The fraction of sp³-hybridized carbons (Fsp3) is 0.500. The average molecular weight is 293 g/mol. The summed E-state index contributed by atoms with van der Waals surface area (Å²) in [6.07, 6.45) is 2.76. The first-order valence-electron chi connectivity index (χ1n) is 6.99. The molecule has 1 aliphatic rings. The predicted octanol–water partition coefficient (Wildman–Crippen LogP) is 0.576. The van der Waals surface area contributed by atoms with Gasteiger partial charge < -0.3 is 9.32 Å². The first kappa shape index (κ1) is 15.1. The van der Waals surface area contributed by atoms with E-state index in [2.05, 4.69) is 10.9 Å². The molecule has 1 atom stereocenters. The molecule has 0 spiro atoms. The van der Waals surface area contributed by atoms with Gasteiger partial charge in [-0.25, -0.2) is 0 Å². The van der Waals surface area contributed by atoms with Crippen LogP contribution >= 0.6 is 0 Å². The zero-order valence-corrected chi connectivity index (χ0v) is 11.9. The van der Waals surface area contributed by atoms with Gasteiger partial charge in [-0.2, -0.15) is 0 Å². The van der Waals surface area contributed by atoms with Gasteiger partial charge in [-0.15, -0.1) is 0 Å². The number of nitrogens with zero attached hydrogens (tertiary/aromatic N) is 1. The normalized spacial score (nSPS) is 17.9. The summed E-state index contributed by atoms with van der Waals surface area (Å²) in [6, 6.07) is 3.54. The number of rotatable bonds is 5. The summed E-state index contributed by atoms with van der Waals surface area (Å²) < 4.78 is 5.19. The van der Waals surface area contributed by atoms with Crippen molar-refractivity contribution in [2.24, 2.45) is 5.92 Å². The largest absolute Gasteiger partial charge is 0.467 e. The number of carbonyl (C=O) groups is 3. The van der Waals surface area contributed by atoms with Crippen LogP contribution in [-0.4, -0.2) is 29.2 Å². The number of furan rings is 1. The molecule has 0 aliphatic carbocycles. The number of amides is 3. The van der Waals surface area contributed by atoms with Crippen LogP contribution < -0.4 is 10.9 Å². The minimum atomic E-state index is -0.450. The van der Waals surface area contributed by atoms with Gasteiger partial charge in [0.2, 0.25) is 17.7 Å². The number of nitrogens with one attached hydrogen (secondary N) is 2. The second kappa shape index (κ2) is 6.92. The Labute approximate surface area is 122 Å². The number of likely N-dealkylation sites (tertiary alicyclic amines) is 1. The summed E-state index contributed by atoms with van der Waals surface area (Å²) in [7, 11) is 0. The monoisotopic (exact) mass is 293 g/mol. The lowest BCUT2D eigenvalue weighted by Crippen LogP contribution is -2.45. The molecule has 7 nitrogen and oxygen atoms in total. The third-order valence-corrected chi connectivity index (χ3v) is 3.31. The molecule has 1 aromatic heterocycles. The minimum Gasteiger partial charge on any atom is -0.467 e. The lowest BCUT2D eigenvalue weighted by Gasteiger charge is -2.15. The van der Waals surface area contributed by atoms with E-state index < -0.39 is 5.92 Å². The van der Waals surface area contributed by atoms with E-state index in [1.54, 1.807) is 23.3 Å². The van der Waals surface area contributed by atoms with E-state index in [0.29, 0.717) is 31.7 Å². The molecular formula is C14H19N3O4. The third-order valence-electron chi connectivity index (χ3n) is 3.31. The van der Waals surface area contributed by atoms with Crippen molar-refractivity contribution in [2.45, 2.75) is 32.7 Å². The van der Waals surface area contributed by atoms with Crippen LogP contribution in [0.3, 0.4) is 0 Å². The Balaban J connectivity index is 1.81. The molecule has 0 aromatic carbocycles. The van der Waals surface area contributed by atoms with Crippen LogP contribution in [0.1, 0.15) is 31.9 Å².